The van der Waals surface area contributed by atoms with Gasteiger partial charge in [-0.05, 0) is 51.4 Å². The molecule has 0 radical (unpaired) electrons. The minimum atomic E-state index is -4.58. The quantitative estimate of drug-likeness (QED) is 0.0276. The lowest BCUT2D eigenvalue weighted by Crippen LogP contribution is -2.46. The Morgan fingerprint density at radius 2 is 1.09 bits per heavy atom. The highest BCUT2D eigenvalue weighted by atomic mass is 31.2. The lowest BCUT2D eigenvalue weighted by molar-refractivity contribution is -0.870. The summed E-state index contributed by atoms with van der Waals surface area (Å²) in [4.78, 5) is 25.3. The number of aliphatic hydroxyl groups is 1. The van der Waals surface area contributed by atoms with E-state index in [0.29, 0.717) is 30.3 Å². The number of hydrogen-bond acceptors (Lipinski definition) is 6. The maximum atomic E-state index is 12.9. The Morgan fingerprint density at radius 3 is 1.55 bits per heavy atom. The number of likely N-dealkylation sites (N-methyl/N-ethyl adjacent to an activating group) is 1. The van der Waals surface area contributed by atoms with E-state index in [-0.39, 0.29) is 19.1 Å². The molecule has 0 aromatic rings. The number of allylic oxidation sites excluding steroid dienone is 8. The molecule has 3 unspecified atom stereocenters. The first-order chi connectivity index (χ1) is 27.0. The predicted octanol–water partition coefficient (Wildman–Crippen LogP) is 12.2. The molecule has 0 fully saturated rings. The summed E-state index contributed by atoms with van der Waals surface area (Å²) in [5, 5.41) is 13.9. The Morgan fingerprint density at radius 1 is 0.643 bits per heavy atom. The number of nitrogens with zero attached hydrogens (tertiary/aromatic N) is 1. The van der Waals surface area contributed by atoms with Crippen LogP contribution in [0.1, 0.15) is 194 Å². The van der Waals surface area contributed by atoms with Crippen LogP contribution in [-0.4, -0.2) is 68.5 Å². The van der Waals surface area contributed by atoms with Gasteiger partial charge in [0.25, 0.3) is 7.82 Å². The van der Waals surface area contributed by atoms with Crippen LogP contribution in [0.5, 0.6) is 0 Å². The number of hydrogen-bond donors (Lipinski definition) is 2. The summed E-state index contributed by atoms with van der Waals surface area (Å²) < 4.78 is 23.3. The summed E-state index contributed by atoms with van der Waals surface area (Å²) in [6.45, 7) is 4.57. The summed E-state index contributed by atoms with van der Waals surface area (Å²) in [6.07, 6.45) is 48.4. The maximum absolute atomic E-state index is 12.9. The van der Waals surface area contributed by atoms with E-state index in [1.165, 1.54) is 103 Å². The van der Waals surface area contributed by atoms with E-state index in [1.807, 2.05) is 21.1 Å². The smallest absolute Gasteiger partial charge is 0.268 e. The van der Waals surface area contributed by atoms with Crippen LogP contribution in [0, 0.1) is 0 Å². The SMILES string of the molecule is CC/C=C\C/C=C\C/C=C\C/C=C\CCCCC(=O)NC(COP(=O)([O-])OCC[N+](C)(C)C)C(O)CCCCCCCCCCCCCCCCCCCCC. The fourth-order valence-corrected chi connectivity index (χ4v) is 7.16. The Kier molecular flexibility index (Phi) is 37.9. The van der Waals surface area contributed by atoms with Gasteiger partial charge in [0.1, 0.15) is 13.2 Å². The monoisotopic (exact) mass is 809 g/mol. The second kappa shape index (κ2) is 38.9. The summed E-state index contributed by atoms with van der Waals surface area (Å²) in [5.74, 6) is -0.206. The Hall–Kier alpha value is -1.54. The predicted molar refractivity (Wildman–Crippen MR) is 238 cm³/mol. The van der Waals surface area contributed by atoms with Gasteiger partial charge in [-0.1, -0.05) is 184 Å². The molecule has 0 spiro atoms. The molecule has 0 aliphatic rings. The van der Waals surface area contributed by atoms with Crippen molar-refractivity contribution in [3.8, 4) is 0 Å². The van der Waals surface area contributed by atoms with Gasteiger partial charge in [0.2, 0.25) is 5.91 Å². The van der Waals surface area contributed by atoms with Gasteiger partial charge in [-0.25, -0.2) is 0 Å². The van der Waals surface area contributed by atoms with Crippen LogP contribution in [0.4, 0.5) is 0 Å². The summed E-state index contributed by atoms with van der Waals surface area (Å²) in [5.41, 5.74) is 0. The average Bonchev–Trinajstić information content (AvgIpc) is 3.15. The third-order valence-electron chi connectivity index (χ3n) is 10.1. The first-order valence-corrected chi connectivity index (χ1v) is 24.4. The molecule has 0 saturated heterocycles. The first-order valence-electron chi connectivity index (χ1n) is 23.0. The number of carbonyl (C=O) groups is 1. The van der Waals surface area contributed by atoms with E-state index in [9.17, 15) is 19.4 Å². The third-order valence-corrected chi connectivity index (χ3v) is 11.0. The molecule has 8 nitrogen and oxygen atoms in total. The van der Waals surface area contributed by atoms with Gasteiger partial charge in [0, 0.05) is 6.42 Å². The van der Waals surface area contributed by atoms with Crippen LogP contribution in [0.2, 0.25) is 0 Å². The van der Waals surface area contributed by atoms with Crippen molar-refractivity contribution < 1.29 is 32.9 Å². The minimum Gasteiger partial charge on any atom is -0.756 e. The standard InChI is InChI=1S/C47H89N2O6P/c1-6-8-10-12-14-16-18-20-22-23-24-25-27-28-30-32-34-36-38-40-46(50)45(44-55-56(52,53)54-43-42-49(3,4)5)48-47(51)41-39-37-35-33-31-29-26-21-19-17-15-13-11-9-7-2/h9,11,15,17,21,26,31,33,45-46,50H,6-8,10,12-14,16,18-20,22-25,27-30,32,34-44H2,1-5H3,(H-,48,51,52,53)/b11-9-,17-15-,26-21-,33-31-. The number of rotatable bonds is 41. The zero-order chi connectivity index (χ0) is 41.4. The lowest BCUT2D eigenvalue weighted by atomic mass is 10.0. The summed E-state index contributed by atoms with van der Waals surface area (Å²) in [7, 11) is 1.27. The number of phosphoric ester groups is 1. The van der Waals surface area contributed by atoms with E-state index in [1.54, 1.807) is 0 Å². The normalized spacial score (nSPS) is 14.8. The van der Waals surface area contributed by atoms with Crippen molar-refractivity contribution in [3.63, 3.8) is 0 Å². The number of unbranched alkanes of at least 4 members (excludes halogenated alkanes) is 20. The maximum Gasteiger partial charge on any atom is 0.268 e. The summed E-state index contributed by atoms with van der Waals surface area (Å²) in [6, 6.07) is -0.823. The largest absolute Gasteiger partial charge is 0.756 e. The topological polar surface area (TPSA) is 108 Å². The van der Waals surface area contributed by atoms with Crippen molar-refractivity contribution in [1.29, 1.82) is 0 Å². The number of aliphatic hydroxyl groups excluding tert-OH is 1. The molecular weight excluding hydrogens is 719 g/mol. The van der Waals surface area contributed by atoms with Crippen LogP contribution in [0.3, 0.4) is 0 Å². The zero-order valence-electron chi connectivity index (χ0n) is 37.1. The van der Waals surface area contributed by atoms with Gasteiger partial charge in [-0.2, -0.15) is 0 Å². The molecule has 0 aliphatic heterocycles. The molecule has 0 rings (SSSR count). The van der Waals surface area contributed by atoms with Gasteiger partial charge in [-0.15, -0.1) is 0 Å². The molecule has 3 atom stereocenters. The molecule has 0 heterocycles. The molecule has 56 heavy (non-hydrogen) atoms. The number of nitrogens with one attached hydrogen (secondary N) is 1. The van der Waals surface area contributed by atoms with E-state index in [4.69, 9.17) is 9.05 Å². The van der Waals surface area contributed by atoms with Gasteiger partial charge in [-0.3, -0.25) is 9.36 Å². The molecule has 328 valence electrons. The molecule has 0 bridgehead atoms. The van der Waals surface area contributed by atoms with E-state index in [2.05, 4.69) is 67.8 Å². The second-order valence-corrected chi connectivity index (χ2v) is 18.1. The van der Waals surface area contributed by atoms with E-state index in [0.717, 1.165) is 57.8 Å². The molecule has 0 aromatic heterocycles. The molecule has 0 saturated carbocycles. The van der Waals surface area contributed by atoms with Crippen LogP contribution in [-0.2, 0) is 18.4 Å². The Labute approximate surface area is 346 Å². The fourth-order valence-electron chi connectivity index (χ4n) is 6.44. The Balaban J connectivity index is 4.39. The second-order valence-electron chi connectivity index (χ2n) is 16.7. The molecule has 1 amide bonds. The highest BCUT2D eigenvalue weighted by Gasteiger charge is 2.24. The Bertz CT molecular complexity index is 1050. The minimum absolute atomic E-state index is 0.00247. The lowest BCUT2D eigenvalue weighted by Gasteiger charge is -2.30. The van der Waals surface area contributed by atoms with Crippen LogP contribution >= 0.6 is 7.82 Å². The van der Waals surface area contributed by atoms with Gasteiger partial charge in [0.05, 0.1) is 39.9 Å². The van der Waals surface area contributed by atoms with Gasteiger partial charge < -0.3 is 28.8 Å². The fraction of sp³-hybridized carbons (Fsp3) is 0.809. The third kappa shape index (κ3) is 40.6. The first kappa shape index (κ1) is 54.5. The van der Waals surface area contributed by atoms with Crippen molar-refractivity contribution in [1.82, 2.24) is 5.32 Å². The highest BCUT2D eigenvalue weighted by molar-refractivity contribution is 7.45. The van der Waals surface area contributed by atoms with E-state index < -0.39 is 20.0 Å². The van der Waals surface area contributed by atoms with Crippen molar-refractivity contribution >= 4 is 13.7 Å². The number of carbonyl (C=O) groups excluding carboxylic acids is 1. The molecular formula is C47H89N2O6P. The number of amides is 1. The number of phosphoric acid groups is 1. The zero-order valence-corrected chi connectivity index (χ0v) is 38.0. The van der Waals surface area contributed by atoms with Crippen LogP contribution < -0.4 is 10.2 Å². The van der Waals surface area contributed by atoms with Crippen LogP contribution in [0.25, 0.3) is 0 Å². The van der Waals surface area contributed by atoms with Gasteiger partial charge >= 0.3 is 0 Å². The van der Waals surface area contributed by atoms with Gasteiger partial charge in [0.15, 0.2) is 0 Å². The summed E-state index contributed by atoms with van der Waals surface area (Å²) >= 11 is 0. The molecule has 9 heteroatoms. The average molecular weight is 809 g/mol. The molecule has 0 aromatic carbocycles. The molecule has 2 N–H and O–H groups in total. The van der Waals surface area contributed by atoms with Crippen molar-refractivity contribution in [2.75, 3.05) is 40.9 Å². The van der Waals surface area contributed by atoms with Crippen molar-refractivity contribution in [2.45, 2.75) is 206 Å². The van der Waals surface area contributed by atoms with E-state index >= 15 is 0 Å². The van der Waals surface area contributed by atoms with Crippen molar-refractivity contribution in [3.05, 3.63) is 48.6 Å². The number of quaternary nitrogens is 1. The highest BCUT2D eigenvalue weighted by Crippen LogP contribution is 2.38. The molecule has 0 aliphatic carbocycles. The van der Waals surface area contributed by atoms with Crippen LogP contribution in [0.15, 0.2) is 48.6 Å². The van der Waals surface area contributed by atoms with Crippen molar-refractivity contribution in [2.24, 2.45) is 0 Å².